The Kier molecular flexibility index (Phi) is 10.5. The Labute approximate surface area is 249 Å². The molecule has 2 aromatic carbocycles. The number of rotatable bonds is 11. The molecule has 228 valence electrons. The Morgan fingerprint density at radius 2 is 1.67 bits per heavy atom. The van der Waals surface area contributed by atoms with Crippen LogP contribution in [0.2, 0.25) is 0 Å². The van der Waals surface area contributed by atoms with Crippen LogP contribution in [0.1, 0.15) is 50.8 Å². The summed E-state index contributed by atoms with van der Waals surface area (Å²) in [4.78, 5) is 31.5. The van der Waals surface area contributed by atoms with Gasteiger partial charge in [-0.25, -0.2) is 5.01 Å². The van der Waals surface area contributed by atoms with Crippen molar-refractivity contribution in [1.29, 1.82) is 0 Å². The molecule has 2 aromatic rings. The van der Waals surface area contributed by atoms with Crippen molar-refractivity contribution in [3.63, 3.8) is 0 Å². The molecule has 1 unspecified atom stereocenters. The zero-order valence-corrected chi connectivity index (χ0v) is 25.7. The molecule has 1 fully saturated rings. The van der Waals surface area contributed by atoms with E-state index in [1.807, 2.05) is 63.2 Å². The van der Waals surface area contributed by atoms with Gasteiger partial charge in [-0.1, -0.05) is 26.8 Å². The van der Waals surface area contributed by atoms with Crippen molar-refractivity contribution in [3.8, 4) is 17.2 Å². The smallest absolute Gasteiger partial charge is 0.262 e. The summed E-state index contributed by atoms with van der Waals surface area (Å²) < 4.78 is 21.8. The Morgan fingerprint density at radius 1 is 0.976 bits per heavy atom. The lowest BCUT2D eigenvalue weighted by Crippen LogP contribution is -2.47. The van der Waals surface area contributed by atoms with Crippen molar-refractivity contribution in [1.82, 2.24) is 14.8 Å². The fourth-order valence-corrected chi connectivity index (χ4v) is 5.20. The first-order valence-electron chi connectivity index (χ1n) is 14.5. The molecule has 0 radical (unpaired) electrons. The summed E-state index contributed by atoms with van der Waals surface area (Å²) in [7, 11) is 4.81. The van der Waals surface area contributed by atoms with Crippen LogP contribution in [0.15, 0.2) is 47.6 Å². The molecular formula is C32H44N4O6. The fourth-order valence-electron chi connectivity index (χ4n) is 5.20. The Balaban J connectivity index is 1.62. The molecule has 10 heteroatoms. The quantitative estimate of drug-likeness (QED) is 0.397. The molecule has 0 saturated carbocycles. The molecule has 0 aliphatic carbocycles. The van der Waals surface area contributed by atoms with Gasteiger partial charge in [0, 0.05) is 39.0 Å². The van der Waals surface area contributed by atoms with Gasteiger partial charge in [0.2, 0.25) is 5.91 Å². The second-order valence-corrected chi connectivity index (χ2v) is 11.9. The molecule has 2 amide bonds. The third-order valence-corrected chi connectivity index (χ3v) is 7.53. The molecular weight excluding hydrogens is 536 g/mol. The average molecular weight is 581 g/mol. The second kappa shape index (κ2) is 14.0. The van der Waals surface area contributed by atoms with E-state index in [0.717, 1.165) is 35.7 Å². The normalized spacial score (nSPS) is 17.5. The molecule has 1 atom stereocenters. The van der Waals surface area contributed by atoms with Crippen LogP contribution >= 0.6 is 0 Å². The van der Waals surface area contributed by atoms with E-state index in [0.29, 0.717) is 50.6 Å². The van der Waals surface area contributed by atoms with Gasteiger partial charge in [-0.2, -0.15) is 5.10 Å². The van der Waals surface area contributed by atoms with Crippen LogP contribution in [0, 0.1) is 5.41 Å². The van der Waals surface area contributed by atoms with Crippen molar-refractivity contribution in [2.45, 2.75) is 39.7 Å². The predicted octanol–water partition coefficient (Wildman–Crippen LogP) is 3.99. The standard InChI is InChI=1S/C32H44N4O6/c1-32(2,3)21-30(37)35(14-13-34-15-17-42-18-16-34)22-31(38)36-27(24-9-12-28(40-5)29(19-24)41-6)20-26(33-36)23-7-10-25(39-4)11-8-23/h7-12,19,27H,13-18,20-22H2,1-6H3. The fraction of sp³-hybridized carbons (Fsp3) is 0.531. The second-order valence-electron chi connectivity index (χ2n) is 11.9. The number of ether oxygens (including phenoxy) is 4. The number of morpholine rings is 1. The van der Waals surface area contributed by atoms with E-state index >= 15 is 0 Å². The molecule has 0 N–H and O–H groups in total. The van der Waals surface area contributed by atoms with E-state index < -0.39 is 0 Å². The maximum atomic E-state index is 14.0. The number of hydrogen-bond donors (Lipinski definition) is 0. The zero-order valence-electron chi connectivity index (χ0n) is 25.7. The van der Waals surface area contributed by atoms with Crippen LogP contribution < -0.4 is 14.2 Å². The highest BCUT2D eigenvalue weighted by Gasteiger charge is 2.35. The van der Waals surface area contributed by atoms with Crippen molar-refractivity contribution >= 4 is 17.5 Å². The van der Waals surface area contributed by atoms with Gasteiger partial charge in [0.05, 0.1) is 46.3 Å². The van der Waals surface area contributed by atoms with Gasteiger partial charge >= 0.3 is 0 Å². The summed E-state index contributed by atoms with van der Waals surface area (Å²) in [5, 5.41) is 6.36. The highest BCUT2D eigenvalue weighted by atomic mass is 16.5. The summed E-state index contributed by atoms with van der Waals surface area (Å²) in [5.41, 5.74) is 2.36. The molecule has 2 aliphatic rings. The van der Waals surface area contributed by atoms with Crippen LogP contribution in [0.5, 0.6) is 17.2 Å². The van der Waals surface area contributed by atoms with Gasteiger partial charge in [-0.15, -0.1) is 0 Å². The van der Waals surface area contributed by atoms with Crippen LogP contribution in [0.25, 0.3) is 0 Å². The van der Waals surface area contributed by atoms with Crippen molar-refractivity contribution in [2.75, 3.05) is 67.3 Å². The SMILES string of the molecule is COc1ccc(C2=NN(C(=O)CN(CCN3CCOCC3)C(=O)CC(C)(C)C)C(c3ccc(OC)c(OC)c3)C2)cc1. The van der Waals surface area contributed by atoms with Gasteiger partial charge in [0.15, 0.2) is 11.5 Å². The highest BCUT2D eigenvalue weighted by molar-refractivity contribution is 6.03. The largest absolute Gasteiger partial charge is 0.497 e. The minimum Gasteiger partial charge on any atom is -0.497 e. The topological polar surface area (TPSA) is 93.1 Å². The van der Waals surface area contributed by atoms with Gasteiger partial charge in [-0.05, 0) is 52.9 Å². The van der Waals surface area contributed by atoms with Gasteiger partial charge in [0.1, 0.15) is 12.3 Å². The van der Waals surface area contributed by atoms with Gasteiger partial charge < -0.3 is 23.8 Å². The molecule has 4 rings (SSSR count). The number of carbonyl (C=O) groups excluding carboxylic acids is 2. The van der Waals surface area contributed by atoms with Crippen LogP contribution in [-0.4, -0.2) is 99.6 Å². The van der Waals surface area contributed by atoms with E-state index in [1.165, 1.54) is 5.01 Å². The molecule has 10 nitrogen and oxygen atoms in total. The molecule has 2 heterocycles. The zero-order chi connectivity index (χ0) is 30.3. The van der Waals surface area contributed by atoms with Crippen molar-refractivity contribution in [3.05, 3.63) is 53.6 Å². The third kappa shape index (κ3) is 8.01. The molecule has 42 heavy (non-hydrogen) atoms. The van der Waals surface area contributed by atoms with Crippen molar-refractivity contribution < 1.29 is 28.5 Å². The summed E-state index contributed by atoms with van der Waals surface area (Å²) >= 11 is 0. The predicted molar refractivity (Wildman–Crippen MR) is 161 cm³/mol. The Morgan fingerprint density at radius 3 is 2.29 bits per heavy atom. The number of nitrogens with zero attached hydrogens (tertiary/aromatic N) is 4. The first-order valence-corrected chi connectivity index (χ1v) is 14.5. The summed E-state index contributed by atoms with van der Waals surface area (Å²) in [6.07, 6.45) is 0.861. The maximum absolute atomic E-state index is 14.0. The maximum Gasteiger partial charge on any atom is 0.262 e. The van der Waals surface area contributed by atoms with Crippen molar-refractivity contribution in [2.24, 2.45) is 10.5 Å². The summed E-state index contributed by atoms with van der Waals surface area (Å²) in [6, 6.07) is 12.9. The number of hydrazone groups is 1. The third-order valence-electron chi connectivity index (χ3n) is 7.53. The number of hydrogen-bond acceptors (Lipinski definition) is 8. The highest BCUT2D eigenvalue weighted by Crippen LogP contribution is 2.37. The average Bonchev–Trinajstić information content (AvgIpc) is 3.44. The Bertz CT molecular complexity index is 1250. The van der Waals surface area contributed by atoms with E-state index in [2.05, 4.69) is 4.90 Å². The number of carbonyl (C=O) groups is 2. The Hall–Kier alpha value is -3.63. The summed E-state index contributed by atoms with van der Waals surface area (Å²) in [5.74, 6) is 1.66. The molecule has 1 saturated heterocycles. The lowest BCUT2D eigenvalue weighted by molar-refractivity contribution is -0.142. The number of methoxy groups -OCH3 is 3. The van der Waals surface area contributed by atoms with Crippen LogP contribution in [0.3, 0.4) is 0 Å². The number of amides is 2. The lowest BCUT2D eigenvalue weighted by atomic mass is 9.91. The van der Waals surface area contributed by atoms with E-state index in [4.69, 9.17) is 24.0 Å². The lowest BCUT2D eigenvalue weighted by Gasteiger charge is -2.32. The molecule has 0 bridgehead atoms. The molecule has 2 aliphatic heterocycles. The van der Waals surface area contributed by atoms with Crippen LogP contribution in [-0.2, 0) is 14.3 Å². The molecule has 0 spiro atoms. The number of benzene rings is 2. The minimum atomic E-state index is -0.367. The van der Waals surface area contributed by atoms with E-state index in [-0.39, 0.29) is 29.8 Å². The van der Waals surface area contributed by atoms with Gasteiger partial charge in [-0.3, -0.25) is 14.5 Å². The van der Waals surface area contributed by atoms with E-state index in [1.54, 1.807) is 26.2 Å². The monoisotopic (exact) mass is 580 g/mol. The summed E-state index contributed by atoms with van der Waals surface area (Å²) in [6.45, 7) is 10.2. The molecule has 0 aromatic heterocycles. The first-order chi connectivity index (χ1) is 20.1. The van der Waals surface area contributed by atoms with Gasteiger partial charge in [0.25, 0.3) is 5.91 Å². The first kappa shape index (κ1) is 31.3. The van der Waals surface area contributed by atoms with Crippen LogP contribution in [0.4, 0.5) is 0 Å². The van der Waals surface area contributed by atoms with E-state index in [9.17, 15) is 9.59 Å². The minimum absolute atomic E-state index is 0.0367.